The van der Waals surface area contributed by atoms with Crippen LogP contribution in [0.2, 0.25) is 0 Å². The lowest BCUT2D eigenvalue weighted by Crippen LogP contribution is -2.42. The first-order chi connectivity index (χ1) is 7.41. The first-order valence-corrected chi connectivity index (χ1v) is 6.63. The number of carboxylic acids is 1. The monoisotopic (exact) mass is 245 g/mol. The molecule has 1 aliphatic rings. The van der Waals surface area contributed by atoms with E-state index >= 15 is 0 Å². The maximum Gasteiger partial charge on any atom is 0.313 e. The van der Waals surface area contributed by atoms with Gasteiger partial charge in [-0.1, -0.05) is 13.8 Å². The van der Waals surface area contributed by atoms with Crippen LogP contribution in [-0.4, -0.2) is 46.5 Å². The molecule has 0 radical (unpaired) electrons. The summed E-state index contributed by atoms with van der Waals surface area (Å²) in [5.74, 6) is -0.503. The summed E-state index contributed by atoms with van der Waals surface area (Å²) in [6, 6.07) is 0. The molecule has 0 spiro atoms. The summed E-state index contributed by atoms with van der Waals surface area (Å²) in [7, 11) is 0. The Morgan fingerprint density at radius 1 is 1.25 bits per heavy atom. The zero-order valence-electron chi connectivity index (χ0n) is 9.86. The number of amides is 1. The molecule has 0 atom stereocenters. The molecular formula is C11H19NO3S. The number of thioether (sulfide) groups is 1. The molecule has 1 N–H and O–H groups in total. The van der Waals surface area contributed by atoms with Gasteiger partial charge in [0.1, 0.15) is 0 Å². The molecule has 0 bridgehead atoms. The van der Waals surface area contributed by atoms with E-state index in [1.165, 1.54) is 11.8 Å². The number of rotatable bonds is 4. The van der Waals surface area contributed by atoms with Crippen molar-refractivity contribution in [3.8, 4) is 0 Å². The quantitative estimate of drug-likeness (QED) is 0.814. The number of aliphatic carboxylic acids is 1. The first kappa shape index (κ1) is 13.4. The van der Waals surface area contributed by atoms with Gasteiger partial charge in [0, 0.05) is 13.1 Å². The topological polar surface area (TPSA) is 57.6 Å². The van der Waals surface area contributed by atoms with Crippen molar-refractivity contribution >= 4 is 23.6 Å². The van der Waals surface area contributed by atoms with Crippen molar-refractivity contribution in [3.63, 3.8) is 0 Å². The Balaban J connectivity index is 2.25. The minimum atomic E-state index is -0.863. The van der Waals surface area contributed by atoms with Gasteiger partial charge in [-0.2, -0.15) is 0 Å². The third-order valence-corrected chi connectivity index (χ3v) is 3.82. The lowest BCUT2D eigenvalue weighted by Gasteiger charge is -2.36. The summed E-state index contributed by atoms with van der Waals surface area (Å²) in [6.07, 6.45) is 2.06. The number of likely N-dealkylation sites (tertiary alicyclic amines) is 1. The molecule has 16 heavy (non-hydrogen) atoms. The number of hydrogen-bond acceptors (Lipinski definition) is 3. The number of carbonyl (C=O) groups excluding carboxylic acids is 1. The molecule has 1 fully saturated rings. The summed E-state index contributed by atoms with van der Waals surface area (Å²) in [5.41, 5.74) is 0.338. The smallest absolute Gasteiger partial charge is 0.313 e. The molecule has 5 heteroatoms. The highest BCUT2D eigenvalue weighted by Gasteiger charge is 2.27. The van der Waals surface area contributed by atoms with E-state index in [-0.39, 0.29) is 17.4 Å². The Morgan fingerprint density at radius 3 is 2.31 bits per heavy atom. The lowest BCUT2D eigenvalue weighted by molar-refractivity contribution is -0.133. The highest BCUT2D eigenvalue weighted by atomic mass is 32.2. The van der Waals surface area contributed by atoms with Crippen LogP contribution in [0.25, 0.3) is 0 Å². The van der Waals surface area contributed by atoms with Crippen LogP contribution in [0.4, 0.5) is 0 Å². The van der Waals surface area contributed by atoms with E-state index in [4.69, 9.17) is 5.11 Å². The molecule has 0 aliphatic carbocycles. The molecule has 1 rings (SSSR count). The molecule has 1 saturated heterocycles. The maximum absolute atomic E-state index is 11.7. The van der Waals surface area contributed by atoms with Crippen LogP contribution in [0.3, 0.4) is 0 Å². The second kappa shape index (κ2) is 5.57. The van der Waals surface area contributed by atoms with Crippen molar-refractivity contribution in [2.24, 2.45) is 5.41 Å². The van der Waals surface area contributed by atoms with E-state index < -0.39 is 5.97 Å². The van der Waals surface area contributed by atoms with Gasteiger partial charge < -0.3 is 10.0 Å². The third-order valence-electron chi connectivity index (χ3n) is 2.92. The minimum absolute atomic E-state index is 0.00503. The van der Waals surface area contributed by atoms with Gasteiger partial charge in [-0.05, 0) is 18.3 Å². The zero-order valence-corrected chi connectivity index (χ0v) is 10.7. The largest absolute Gasteiger partial charge is 0.481 e. The molecule has 0 aromatic carbocycles. The summed E-state index contributed by atoms with van der Waals surface area (Å²) < 4.78 is 0. The number of piperidine rings is 1. The summed E-state index contributed by atoms with van der Waals surface area (Å²) >= 11 is 1.17. The molecule has 0 aromatic rings. The average molecular weight is 245 g/mol. The van der Waals surface area contributed by atoms with Gasteiger partial charge in [-0.15, -0.1) is 11.8 Å². The fourth-order valence-electron chi connectivity index (χ4n) is 1.68. The second-order valence-electron chi connectivity index (χ2n) is 4.93. The standard InChI is InChI=1S/C11H19NO3S/c1-11(2)3-5-12(6-4-11)9(13)7-16-8-10(14)15/h3-8H2,1-2H3,(H,14,15). The van der Waals surface area contributed by atoms with Crippen molar-refractivity contribution in [1.82, 2.24) is 4.90 Å². The van der Waals surface area contributed by atoms with Crippen LogP contribution in [0.5, 0.6) is 0 Å². The highest BCUT2D eigenvalue weighted by Crippen LogP contribution is 2.29. The van der Waals surface area contributed by atoms with Gasteiger partial charge in [0.2, 0.25) is 5.91 Å². The van der Waals surface area contributed by atoms with Crippen LogP contribution < -0.4 is 0 Å². The molecule has 92 valence electrons. The van der Waals surface area contributed by atoms with Crippen LogP contribution in [0.15, 0.2) is 0 Å². The average Bonchev–Trinajstić information content (AvgIpc) is 2.16. The Hall–Kier alpha value is -0.710. The van der Waals surface area contributed by atoms with Crippen LogP contribution in [-0.2, 0) is 9.59 Å². The van der Waals surface area contributed by atoms with Gasteiger partial charge in [0.25, 0.3) is 0 Å². The van der Waals surface area contributed by atoms with Crippen molar-refractivity contribution in [1.29, 1.82) is 0 Å². The van der Waals surface area contributed by atoms with E-state index in [1.54, 1.807) is 0 Å². The van der Waals surface area contributed by atoms with Crippen LogP contribution >= 0.6 is 11.8 Å². The molecule has 1 aliphatic heterocycles. The van der Waals surface area contributed by atoms with E-state index in [2.05, 4.69) is 13.8 Å². The van der Waals surface area contributed by atoms with Crippen LogP contribution in [0.1, 0.15) is 26.7 Å². The van der Waals surface area contributed by atoms with Crippen molar-refractivity contribution in [2.75, 3.05) is 24.6 Å². The predicted octanol–water partition coefficient (Wildman–Crippen LogP) is 1.45. The fourth-order valence-corrected chi connectivity index (χ4v) is 2.31. The van der Waals surface area contributed by atoms with Crippen LogP contribution in [0, 0.1) is 5.41 Å². The lowest BCUT2D eigenvalue weighted by atomic mass is 9.83. The summed E-state index contributed by atoms with van der Waals surface area (Å²) in [6.45, 7) is 6.04. The summed E-state index contributed by atoms with van der Waals surface area (Å²) in [4.78, 5) is 23.8. The van der Waals surface area contributed by atoms with Crippen molar-refractivity contribution < 1.29 is 14.7 Å². The maximum atomic E-state index is 11.7. The predicted molar refractivity (Wildman–Crippen MR) is 64.6 cm³/mol. The molecule has 4 nitrogen and oxygen atoms in total. The number of carbonyl (C=O) groups is 2. The van der Waals surface area contributed by atoms with Crippen molar-refractivity contribution in [3.05, 3.63) is 0 Å². The molecule has 0 unspecified atom stereocenters. The SMILES string of the molecule is CC1(C)CCN(C(=O)CSCC(=O)O)CC1. The number of carboxylic acid groups (broad SMARTS) is 1. The normalized spacial score (nSPS) is 19.5. The van der Waals surface area contributed by atoms with Crippen molar-refractivity contribution in [2.45, 2.75) is 26.7 Å². The highest BCUT2D eigenvalue weighted by molar-refractivity contribution is 8.00. The van der Waals surface area contributed by atoms with Gasteiger partial charge in [-0.3, -0.25) is 9.59 Å². The van der Waals surface area contributed by atoms with E-state index in [0.717, 1.165) is 25.9 Å². The zero-order chi connectivity index (χ0) is 12.2. The molecule has 1 amide bonds. The second-order valence-corrected chi connectivity index (χ2v) is 5.92. The molecular weight excluding hydrogens is 226 g/mol. The van der Waals surface area contributed by atoms with Gasteiger partial charge >= 0.3 is 5.97 Å². The summed E-state index contributed by atoms with van der Waals surface area (Å²) in [5, 5.41) is 8.46. The fraction of sp³-hybridized carbons (Fsp3) is 0.818. The van der Waals surface area contributed by atoms with Gasteiger partial charge in [0.15, 0.2) is 0 Å². The molecule has 0 saturated carbocycles. The Morgan fingerprint density at radius 2 is 1.81 bits per heavy atom. The Bertz CT molecular complexity index is 268. The molecule has 0 aromatic heterocycles. The first-order valence-electron chi connectivity index (χ1n) is 5.48. The number of nitrogens with zero attached hydrogens (tertiary/aromatic N) is 1. The minimum Gasteiger partial charge on any atom is -0.481 e. The number of hydrogen-bond donors (Lipinski definition) is 1. The Kier molecular flexibility index (Phi) is 4.65. The van der Waals surface area contributed by atoms with E-state index in [9.17, 15) is 9.59 Å². The Labute approximate surface area is 100 Å². The van der Waals surface area contributed by atoms with E-state index in [1.807, 2.05) is 4.90 Å². The van der Waals surface area contributed by atoms with Gasteiger partial charge in [-0.25, -0.2) is 0 Å². The van der Waals surface area contributed by atoms with E-state index in [0.29, 0.717) is 5.41 Å². The molecule has 1 heterocycles. The third kappa shape index (κ3) is 4.43. The van der Waals surface area contributed by atoms with Gasteiger partial charge in [0.05, 0.1) is 11.5 Å².